The number of rotatable bonds is 6. The molecule has 0 radical (unpaired) electrons. The second-order valence-electron chi connectivity index (χ2n) is 7.16. The van der Waals surface area contributed by atoms with Crippen molar-refractivity contribution >= 4 is 34.9 Å². The van der Waals surface area contributed by atoms with Crippen LogP contribution >= 0.6 is 11.6 Å². The molecule has 1 aromatic heterocycles. The Hall–Kier alpha value is -3.78. The number of pyridine rings is 1. The minimum Gasteiger partial charge on any atom is -0.426 e. The third-order valence-corrected chi connectivity index (χ3v) is 4.95. The van der Waals surface area contributed by atoms with E-state index >= 15 is 0 Å². The number of esters is 1. The lowest BCUT2D eigenvalue weighted by Gasteiger charge is -2.22. The Labute approximate surface area is 183 Å². The van der Waals surface area contributed by atoms with Crippen LogP contribution in [-0.2, 0) is 10.2 Å². The number of ether oxygens (including phenoxy) is 1. The van der Waals surface area contributed by atoms with E-state index in [-0.39, 0.29) is 16.3 Å². The lowest BCUT2D eigenvalue weighted by molar-refractivity contribution is -0.384. The number of nitrogens with zero attached hydrogens (tertiary/aromatic N) is 2. The van der Waals surface area contributed by atoms with Crippen LogP contribution in [0.5, 0.6) is 5.75 Å². The molecule has 0 aliphatic rings. The van der Waals surface area contributed by atoms with Crippen molar-refractivity contribution in [3.05, 3.63) is 93.3 Å². The topological polar surface area (TPSA) is 111 Å². The van der Waals surface area contributed by atoms with E-state index in [4.69, 9.17) is 16.3 Å². The zero-order valence-corrected chi connectivity index (χ0v) is 17.4. The molecule has 0 aliphatic heterocycles. The summed E-state index contributed by atoms with van der Waals surface area (Å²) in [6.07, 6.45) is 3.23. The van der Waals surface area contributed by atoms with Gasteiger partial charge in [-0.3, -0.25) is 24.7 Å². The number of nitro groups is 1. The van der Waals surface area contributed by atoms with E-state index < -0.39 is 22.2 Å². The van der Waals surface area contributed by atoms with Crippen LogP contribution in [0, 0.1) is 10.1 Å². The van der Waals surface area contributed by atoms with Crippen LogP contribution in [0.2, 0.25) is 5.02 Å². The highest BCUT2D eigenvalue weighted by atomic mass is 35.5. The number of nitro benzene ring substituents is 1. The van der Waals surface area contributed by atoms with Crippen molar-refractivity contribution in [2.45, 2.75) is 19.3 Å². The van der Waals surface area contributed by atoms with Gasteiger partial charge in [-0.15, -0.1) is 0 Å². The standard InChI is InChI=1S/C22H18ClN3O5/c1-22(2,14-4-3-11-24-13-14)21(28)31-17-8-5-15(6-9-17)25-20(27)18-12-16(26(29)30)7-10-19(18)23/h3-13H,1-2H3,(H,25,27). The predicted molar refractivity (Wildman–Crippen MR) is 115 cm³/mol. The van der Waals surface area contributed by atoms with Gasteiger partial charge in [-0.2, -0.15) is 0 Å². The molecule has 1 heterocycles. The Balaban J connectivity index is 1.69. The number of anilines is 1. The van der Waals surface area contributed by atoms with Crippen molar-refractivity contribution < 1.29 is 19.2 Å². The molecule has 3 rings (SSSR count). The molecule has 0 aliphatic carbocycles. The van der Waals surface area contributed by atoms with Gasteiger partial charge in [0.1, 0.15) is 5.75 Å². The fourth-order valence-corrected chi connectivity index (χ4v) is 2.89. The Morgan fingerprint density at radius 2 is 1.84 bits per heavy atom. The molecule has 0 saturated carbocycles. The van der Waals surface area contributed by atoms with Crippen LogP contribution in [0.15, 0.2) is 67.0 Å². The molecule has 0 bridgehead atoms. The molecule has 0 unspecified atom stereocenters. The highest BCUT2D eigenvalue weighted by molar-refractivity contribution is 6.34. The molecular formula is C22H18ClN3O5. The van der Waals surface area contributed by atoms with E-state index in [2.05, 4.69) is 10.3 Å². The van der Waals surface area contributed by atoms with Crippen LogP contribution < -0.4 is 10.1 Å². The summed E-state index contributed by atoms with van der Waals surface area (Å²) < 4.78 is 5.46. The van der Waals surface area contributed by atoms with Gasteiger partial charge in [0.25, 0.3) is 11.6 Å². The second-order valence-corrected chi connectivity index (χ2v) is 7.56. The summed E-state index contributed by atoms with van der Waals surface area (Å²) in [5.41, 5.74) is -0.0471. The number of carbonyl (C=O) groups excluding carboxylic acids is 2. The molecule has 8 nitrogen and oxygen atoms in total. The van der Waals surface area contributed by atoms with Gasteiger partial charge in [-0.1, -0.05) is 17.7 Å². The van der Waals surface area contributed by atoms with Crippen molar-refractivity contribution in [1.82, 2.24) is 4.98 Å². The lowest BCUT2D eigenvalue weighted by atomic mass is 9.86. The van der Waals surface area contributed by atoms with Gasteiger partial charge in [0.15, 0.2) is 0 Å². The zero-order chi connectivity index (χ0) is 22.6. The van der Waals surface area contributed by atoms with Crippen LogP contribution in [0.4, 0.5) is 11.4 Å². The number of aromatic nitrogens is 1. The van der Waals surface area contributed by atoms with E-state index in [9.17, 15) is 19.7 Å². The normalized spacial score (nSPS) is 10.9. The molecule has 3 aromatic rings. The maximum Gasteiger partial charge on any atom is 0.321 e. The van der Waals surface area contributed by atoms with Crippen molar-refractivity contribution in [3.8, 4) is 5.75 Å². The quantitative estimate of drug-likeness (QED) is 0.256. The fraction of sp³-hybridized carbons (Fsp3) is 0.136. The van der Waals surface area contributed by atoms with E-state index in [0.29, 0.717) is 11.4 Å². The molecule has 31 heavy (non-hydrogen) atoms. The lowest BCUT2D eigenvalue weighted by Crippen LogP contribution is -2.33. The Morgan fingerprint density at radius 3 is 2.45 bits per heavy atom. The average Bonchev–Trinajstić information content (AvgIpc) is 2.75. The smallest absolute Gasteiger partial charge is 0.321 e. The maximum absolute atomic E-state index is 12.6. The average molecular weight is 440 g/mol. The van der Waals surface area contributed by atoms with Gasteiger partial charge < -0.3 is 10.1 Å². The van der Waals surface area contributed by atoms with Crippen molar-refractivity contribution in [2.24, 2.45) is 0 Å². The molecule has 0 fully saturated rings. The summed E-state index contributed by atoms with van der Waals surface area (Å²) in [5, 5.41) is 13.6. The summed E-state index contributed by atoms with van der Waals surface area (Å²) >= 11 is 5.99. The van der Waals surface area contributed by atoms with Crippen molar-refractivity contribution in [1.29, 1.82) is 0 Å². The van der Waals surface area contributed by atoms with Crippen LogP contribution in [0.1, 0.15) is 29.8 Å². The van der Waals surface area contributed by atoms with Gasteiger partial charge in [-0.05, 0) is 55.8 Å². The van der Waals surface area contributed by atoms with Gasteiger partial charge in [0.2, 0.25) is 0 Å². The molecule has 0 spiro atoms. The predicted octanol–water partition coefficient (Wildman–Crippen LogP) is 4.78. The Bertz CT molecular complexity index is 1130. The molecule has 0 atom stereocenters. The summed E-state index contributed by atoms with van der Waals surface area (Å²) in [4.78, 5) is 39.4. The molecular weight excluding hydrogens is 422 g/mol. The number of benzene rings is 2. The molecule has 158 valence electrons. The maximum atomic E-state index is 12.6. The zero-order valence-electron chi connectivity index (χ0n) is 16.7. The third kappa shape index (κ3) is 5.04. The minimum atomic E-state index is -0.903. The first-order valence-electron chi connectivity index (χ1n) is 9.16. The molecule has 1 N–H and O–H groups in total. The first-order chi connectivity index (χ1) is 14.7. The largest absolute Gasteiger partial charge is 0.426 e. The van der Waals surface area contributed by atoms with Crippen LogP contribution in [0.25, 0.3) is 0 Å². The van der Waals surface area contributed by atoms with Gasteiger partial charge in [-0.25, -0.2) is 0 Å². The number of halogens is 1. The van der Waals surface area contributed by atoms with Gasteiger partial charge >= 0.3 is 5.97 Å². The number of nitrogens with one attached hydrogen (secondary N) is 1. The summed E-state index contributed by atoms with van der Waals surface area (Å²) in [7, 11) is 0. The highest BCUT2D eigenvalue weighted by Gasteiger charge is 2.32. The monoisotopic (exact) mass is 439 g/mol. The summed E-state index contributed by atoms with van der Waals surface area (Å²) in [6, 6.07) is 13.3. The molecule has 0 saturated heterocycles. The van der Waals surface area contributed by atoms with Crippen LogP contribution in [-0.4, -0.2) is 21.8 Å². The first-order valence-corrected chi connectivity index (χ1v) is 9.54. The summed E-state index contributed by atoms with van der Waals surface area (Å²) in [6.45, 7) is 3.48. The molecule has 9 heteroatoms. The van der Waals surface area contributed by atoms with Crippen LogP contribution in [0.3, 0.4) is 0 Å². The molecule has 1 amide bonds. The second kappa shape index (κ2) is 8.93. The Morgan fingerprint density at radius 1 is 1.13 bits per heavy atom. The number of hydrogen-bond donors (Lipinski definition) is 1. The number of hydrogen-bond acceptors (Lipinski definition) is 6. The van der Waals surface area contributed by atoms with E-state index in [1.807, 2.05) is 0 Å². The SMILES string of the molecule is CC(C)(C(=O)Oc1ccc(NC(=O)c2cc([N+](=O)[O-])ccc2Cl)cc1)c1cccnc1. The fourth-order valence-electron chi connectivity index (χ4n) is 2.69. The van der Waals surface area contributed by atoms with E-state index in [1.165, 1.54) is 24.3 Å². The third-order valence-electron chi connectivity index (χ3n) is 4.62. The molecule has 2 aromatic carbocycles. The Kier molecular flexibility index (Phi) is 6.31. The number of carbonyl (C=O) groups is 2. The first kappa shape index (κ1) is 21.9. The minimum absolute atomic E-state index is 0.0235. The van der Waals surface area contributed by atoms with E-state index in [0.717, 1.165) is 11.6 Å². The summed E-state index contributed by atoms with van der Waals surface area (Å²) in [5.74, 6) is -0.759. The van der Waals surface area contributed by atoms with Gasteiger partial charge in [0, 0.05) is 30.2 Å². The number of amides is 1. The highest BCUT2D eigenvalue weighted by Crippen LogP contribution is 2.27. The van der Waals surface area contributed by atoms with Crippen molar-refractivity contribution in [2.75, 3.05) is 5.32 Å². The van der Waals surface area contributed by atoms with E-state index in [1.54, 1.807) is 50.5 Å². The number of non-ortho nitro benzene ring substituents is 1. The van der Waals surface area contributed by atoms with Crippen molar-refractivity contribution in [3.63, 3.8) is 0 Å². The van der Waals surface area contributed by atoms with Gasteiger partial charge in [0.05, 0.1) is 20.9 Å².